The highest BCUT2D eigenvalue weighted by Gasteiger charge is 2.48. The van der Waals surface area contributed by atoms with E-state index in [0.29, 0.717) is 0 Å². The van der Waals surface area contributed by atoms with Crippen LogP contribution in [0.15, 0.2) is 12.1 Å². The molecule has 1 aromatic heterocycles. The Morgan fingerprint density at radius 1 is 1.41 bits per heavy atom. The maximum atomic E-state index is 12.5. The molecule has 1 amide bonds. The predicted octanol–water partition coefficient (Wildman–Crippen LogP) is 3.68. The second-order valence-electron chi connectivity index (χ2n) is 6.24. The highest BCUT2D eigenvalue weighted by molar-refractivity contribution is 7.11. The first kappa shape index (κ1) is 16.0. The standard InChI is InChI=1S/C17H25NO3S/c1-3-6-15-14(11-13-9-8-12(2)22-13)17(19)18(15)21-16-7-4-5-10-20-16/h8-9,14-16H,3-7,10-11H2,1-2H3/t14-,15+,16?/m1/s1. The van der Waals surface area contributed by atoms with E-state index in [2.05, 4.69) is 26.0 Å². The third-order valence-electron chi connectivity index (χ3n) is 4.47. The Balaban J connectivity index is 1.61. The molecule has 0 saturated carbocycles. The maximum absolute atomic E-state index is 12.5. The number of hydrogen-bond acceptors (Lipinski definition) is 4. The van der Waals surface area contributed by atoms with Gasteiger partial charge in [0.2, 0.25) is 0 Å². The van der Waals surface area contributed by atoms with Gasteiger partial charge in [-0.2, -0.15) is 0 Å². The Morgan fingerprint density at radius 2 is 2.27 bits per heavy atom. The molecule has 3 heterocycles. The van der Waals surface area contributed by atoms with Gasteiger partial charge in [0.1, 0.15) is 0 Å². The van der Waals surface area contributed by atoms with Crippen molar-refractivity contribution >= 4 is 17.2 Å². The van der Waals surface area contributed by atoms with Crippen LogP contribution in [0.5, 0.6) is 0 Å². The van der Waals surface area contributed by atoms with E-state index in [9.17, 15) is 4.79 Å². The smallest absolute Gasteiger partial charge is 0.252 e. The summed E-state index contributed by atoms with van der Waals surface area (Å²) in [4.78, 5) is 20.9. The monoisotopic (exact) mass is 323 g/mol. The summed E-state index contributed by atoms with van der Waals surface area (Å²) in [5.41, 5.74) is 0. The summed E-state index contributed by atoms with van der Waals surface area (Å²) in [5, 5.41) is 1.60. The van der Waals surface area contributed by atoms with E-state index in [-0.39, 0.29) is 24.2 Å². The lowest BCUT2D eigenvalue weighted by atomic mass is 9.83. The number of carbonyl (C=O) groups excluding carboxylic acids is 1. The molecule has 1 aromatic rings. The van der Waals surface area contributed by atoms with E-state index >= 15 is 0 Å². The van der Waals surface area contributed by atoms with Crippen LogP contribution in [0.25, 0.3) is 0 Å². The number of hydrogen-bond donors (Lipinski definition) is 0. The third-order valence-corrected chi connectivity index (χ3v) is 5.49. The Labute approximate surface area is 136 Å². The van der Waals surface area contributed by atoms with Gasteiger partial charge in [-0.15, -0.1) is 11.3 Å². The molecule has 0 N–H and O–H groups in total. The van der Waals surface area contributed by atoms with Crippen molar-refractivity contribution in [3.05, 3.63) is 21.9 Å². The van der Waals surface area contributed by atoms with Gasteiger partial charge in [0.25, 0.3) is 5.91 Å². The van der Waals surface area contributed by atoms with Crippen molar-refractivity contribution in [1.29, 1.82) is 0 Å². The molecule has 1 unspecified atom stereocenters. The molecule has 2 saturated heterocycles. The summed E-state index contributed by atoms with van der Waals surface area (Å²) in [6.07, 6.45) is 5.75. The number of β-lactam (4-membered cyclic amide) rings is 1. The van der Waals surface area contributed by atoms with E-state index in [1.165, 1.54) is 9.75 Å². The molecule has 122 valence electrons. The van der Waals surface area contributed by atoms with Gasteiger partial charge in [-0.05, 0) is 44.7 Å². The van der Waals surface area contributed by atoms with E-state index in [1.807, 2.05) is 0 Å². The van der Waals surface area contributed by atoms with Crippen LogP contribution >= 0.6 is 11.3 Å². The number of ether oxygens (including phenoxy) is 1. The summed E-state index contributed by atoms with van der Waals surface area (Å²) < 4.78 is 5.60. The van der Waals surface area contributed by atoms with Gasteiger partial charge in [-0.1, -0.05) is 13.3 Å². The van der Waals surface area contributed by atoms with E-state index in [4.69, 9.17) is 9.57 Å². The van der Waals surface area contributed by atoms with Crippen molar-refractivity contribution < 1.29 is 14.4 Å². The average molecular weight is 323 g/mol. The molecule has 0 aliphatic carbocycles. The van der Waals surface area contributed by atoms with E-state index in [1.54, 1.807) is 16.4 Å². The fourth-order valence-corrected chi connectivity index (χ4v) is 4.22. The molecule has 0 radical (unpaired) electrons. The Kier molecular flexibility index (Phi) is 5.16. The molecule has 5 heteroatoms. The summed E-state index contributed by atoms with van der Waals surface area (Å²) in [5.74, 6) is 0.195. The fraction of sp³-hybridized carbons (Fsp3) is 0.706. The fourth-order valence-electron chi connectivity index (χ4n) is 3.27. The minimum Gasteiger partial charge on any atom is -0.350 e. The van der Waals surface area contributed by atoms with Gasteiger partial charge in [-0.3, -0.25) is 4.79 Å². The number of amides is 1. The number of carbonyl (C=O) groups is 1. The van der Waals surface area contributed by atoms with E-state index < -0.39 is 0 Å². The van der Waals surface area contributed by atoms with Crippen LogP contribution in [0.4, 0.5) is 0 Å². The Hall–Kier alpha value is -0.910. The predicted molar refractivity (Wildman–Crippen MR) is 86.5 cm³/mol. The normalized spacial score (nSPS) is 28.7. The van der Waals surface area contributed by atoms with Crippen LogP contribution in [0.3, 0.4) is 0 Å². The summed E-state index contributed by atoms with van der Waals surface area (Å²) in [7, 11) is 0. The zero-order valence-corrected chi connectivity index (χ0v) is 14.2. The number of thiophene rings is 1. The van der Waals surface area contributed by atoms with Crippen LogP contribution < -0.4 is 0 Å². The van der Waals surface area contributed by atoms with Gasteiger partial charge in [0.05, 0.1) is 12.0 Å². The minimum absolute atomic E-state index is 0.0709. The lowest BCUT2D eigenvalue weighted by Crippen LogP contribution is -2.62. The van der Waals surface area contributed by atoms with Crippen molar-refractivity contribution in [2.24, 2.45) is 5.92 Å². The minimum atomic E-state index is -0.234. The van der Waals surface area contributed by atoms with Crippen molar-refractivity contribution in [2.75, 3.05) is 6.61 Å². The summed E-state index contributed by atoms with van der Waals surface area (Å²) >= 11 is 1.79. The zero-order valence-electron chi connectivity index (χ0n) is 13.4. The lowest BCUT2D eigenvalue weighted by molar-refractivity contribution is -0.319. The first-order chi connectivity index (χ1) is 10.7. The molecule has 4 nitrogen and oxygen atoms in total. The second-order valence-corrected chi connectivity index (χ2v) is 7.62. The molecule has 0 spiro atoms. The van der Waals surface area contributed by atoms with Crippen molar-refractivity contribution in [3.63, 3.8) is 0 Å². The zero-order chi connectivity index (χ0) is 15.5. The Morgan fingerprint density at radius 3 is 2.91 bits per heavy atom. The maximum Gasteiger partial charge on any atom is 0.252 e. The molecule has 22 heavy (non-hydrogen) atoms. The average Bonchev–Trinajstić information content (AvgIpc) is 2.95. The third kappa shape index (κ3) is 3.36. The quantitative estimate of drug-likeness (QED) is 0.750. The molecule has 3 atom stereocenters. The van der Waals surface area contributed by atoms with Crippen LogP contribution in [0.1, 0.15) is 48.8 Å². The van der Waals surface area contributed by atoms with Crippen LogP contribution in [-0.2, 0) is 20.8 Å². The molecule has 2 aliphatic heterocycles. The van der Waals surface area contributed by atoms with Crippen LogP contribution in [-0.4, -0.2) is 29.9 Å². The number of hydroxylamine groups is 2. The summed E-state index contributed by atoms with van der Waals surface area (Å²) in [6, 6.07) is 4.47. The van der Waals surface area contributed by atoms with Crippen LogP contribution in [0.2, 0.25) is 0 Å². The largest absolute Gasteiger partial charge is 0.350 e. The van der Waals surface area contributed by atoms with Crippen molar-refractivity contribution in [1.82, 2.24) is 5.06 Å². The van der Waals surface area contributed by atoms with Gasteiger partial charge in [0, 0.05) is 22.8 Å². The van der Waals surface area contributed by atoms with E-state index in [0.717, 1.165) is 45.1 Å². The first-order valence-corrected chi connectivity index (χ1v) is 9.17. The van der Waals surface area contributed by atoms with Crippen molar-refractivity contribution in [3.8, 4) is 0 Å². The van der Waals surface area contributed by atoms with Crippen LogP contribution in [0, 0.1) is 12.8 Å². The van der Waals surface area contributed by atoms with Gasteiger partial charge in [0.15, 0.2) is 6.29 Å². The highest BCUT2D eigenvalue weighted by Crippen LogP contribution is 2.36. The molecule has 2 aliphatic rings. The molecular weight excluding hydrogens is 298 g/mol. The topological polar surface area (TPSA) is 38.8 Å². The number of rotatable bonds is 6. The molecule has 0 bridgehead atoms. The van der Waals surface area contributed by atoms with Gasteiger partial charge in [-0.25, -0.2) is 9.90 Å². The van der Waals surface area contributed by atoms with Gasteiger partial charge >= 0.3 is 0 Å². The van der Waals surface area contributed by atoms with Gasteiger partial charge < -0.3 is 4.74 Å². The lowest BCUT2D eigenvalue weighted by Gasteiger charge is -2.47. The summed E-state index contributed by atoms with van der Waals surface area (Å²) in [6.45, 7) is 5.00. The molecule has 3 rings (SSSR count). The second kappa shape index (κ2) is 7.11. The Bertz CT molecular complexity index is 510. The first-order valence-electron chi connectivity index (χ1n) is 8.35. The molecule has 0 aromatic carbocycles. The van der Waals surface area contributed by atoms with Crippen molar-refractivity contribution in [2.45, 2.75) is 64.7 Å². The number of aryl methyl sites for hydroxylation is 1. The highest BCUT2D eigenvalue weighted by atomic mass is 32.1. The number of nitrogens with zero attached hydrogens (tertiary/aromatic N) is 1. The molecule has 2 fully saturated rings. The molecular formula is C17H25NO3S. The SMILES string of the molecule is CCC[C@H]1[C@@H](Cc2ccc(C)s2)C(=O)N1OC1CCCCO1.